The van der Waals surface area contributed by atoms with E-state index in [-0.39, 0.29) is 0 Å². The minimum atomic E-state index is 0.523. The summed E-state index contributed by atoms with van der Waals surface area (Å²) in [5.74, 6) is 0. The van der Waals surface area contributed by atoms with Gasteiger partial charge in [0.05, 0.1) is 0 Å². The van der Waals surface area contributed by atoms with Crippen LogP contribution in [0.25, 0.3) is 0 Å². The first kappa shape index (κ1) is 21.0. The van der Waals surface area contributed by atoms with Crippen LogP contribution < -0.4 is 5.32 Å². The van der Waals surface area contributed by atoms with Gasteiger partial charge in [-0.25, -0.2) is 0 Å². The molecule has 0 fully saturated rings. The number of nitrogens with one attached hydrogen (secondary N) is 1. The zero-order valence-electron chi connectivity index (χ0n) is 15.6. The third-order valence-corrected chi connectivity index (χ3v) is 4.24. The number of unbranched alkanes of at least 4 members (excludes halogenated alkanes) is 10. The van der Waals surface area contributed by atoms with Gasteiger partial charge in [-0.05, 0) is 37.8 Å². The van der Waals surface area contributed by atoms with E-state index >= 15 is 0 Å². The summed E-state index contributed by atoms with van der Waals surface area (Å²) in [6.45, 7) is 11.8. The monoisotopic (exact) mass is 297 g/mol. The highest BCUT2D eigenvalue weighted by atomic mass is 14.8. The summed E-state index contributed by atoms with van der Waals surface area (Å²) in [4.78, 5) is 0. The van der Waals surface area contributed by atoms with Gasteiger partial charge in [-0.15, -0.1) is 0 Å². The van der Waals surface area contributed by atoms with Crippen LogP contribution in [0.2, 0.25) is 0 Å². The van der Waals surface area contributed by atoms with E-state index in [9.17, 15) is 0 Å². The fraction of sp³-hybridized carbons (Fsp3) is 1.00. The van der Waals surface area contributed by atoms with E-state index in [0.717, 1.165) is 0 Å². The molecule has 0 rings (SSSR count). The fourth-order valence-electron chi connectivity index (χ4n) is 2.77. The van der Waals surface area contributed by atoms with E-state index in [1.807, 2.05) is 0 Å². The molecule has 0 spiro atoms. The molecule has 0 aliphatic heterocycles. The Morgan fingerprint density at radius 1 is 0.571 bits per heavy atom. The Hall–Kier alpha value is -0.0400. The van der Waals surface area contributed by atoms with Crippen LogP contribution in [0.4, 0.5) is 0 Å². The fourth-order valence-corrected chi connectivity index (χ4v) is 2.77. The minimum absolute atomic E-state index is 0.523. The Labute approximate surface area is 135 Å². The van der Waals surface area contributed by atoms with Crippen molar-refractivity contribution in [2.45, 2.75) is 111 Å². The number of rotatable bonds is 15. The Morgan fingerprint density at radius 2 is 1.00 bits per heavy atom. The molecule has 1 nitrogen and oxygen atoms in total. The lowest BCUT2D eigenvalue weighted by Crippen LogP contribution is -2.16. The predicted molar refractivity (Wildman–Crippen MR) is 98.0 cm³/mol. The standard InChI is InChI=1S/C20H43N/c1-5-6-7-8-9-10-12-15-18-21-19-16-13-11-14-17-20(2,3)4/h21H,5-19H2,1-4H3. The Bertz CT molecular complexity index is 193. The maximum Gasteiger partial charge on any atom is -0.00489 e. The molecule has 0 heterocycles. The van der Waals surface area contributed by atoms with Gasteiger partial charge in [-0.3, -0.25) is 0 Å². The van der Waals surface area contributed by atoms with Gasteiger partial charge in [-0.1, -0.05) is 91.9 Å². The van der Waals surface area contributed by atoms with Crippen molar-refractivity contribution in [1.82, 2.24) is 5.32 Å². The average Bonchev–Trinajstić information content (AvgIpc) is 2.42. The quantitative estimate of drug-likeness (QED) is 0.331. The summed E-state index contributed by atoms with van der Waals surface area (Å²) in [5, 5.41) is 3.60. The molecule has 0 unspecified atom stereocenters. The molecule has 0 saturated heterocycles. The molecule has 0 radical (unpaired) electrons. The van der Waals surface area contributed by atoms with E-state index in [2.05, 4.69) is 33.0 Å². The predicted octanol–water partition coefficient (Wildman–Crippen LogP) is 6.71. The zero-order valence-corrected chi connectivity index (χ0v) is 15.6. The van der Waals surface area contributed by atoms with Gasteiger partial charge in [0.2, 0.25) is 0 Å². The molecule has 0 aromatic carbocycles. The van der Waals surface area contributed by atoms with E-state index in [1.165, 1.54) is 96.6 Å². The maximum absolute atomic E-state index is 3.60. The van der Waals surface area contributed by atoms with Crippen LogP contribution in [0.1, 0.15) is 111 Å². The summed E-state index contributed by atoms with van der Waals surface area (Å²) in [7, 11) is 0. The molecule has 0 aromatic rings. The first-order valence-electron chi connectivity index (χ1n) is 9.77. The number of hydrogen-bond donors (Lipinski definition) is 1. The summed E-state index contributed by atoms with van der Waals surface area (Å²) in [5.41, 5.74) is 0.523. The average molecular weight is 298 g/mol. The highest BCUT2D eigenvalue weighted by Crippen LogP contribution is 2.22. The largest absolute Gasteiger partial charge is 0.317 e. The van der Waals surface area contributed by atoms with Gasteiger partial charge < -0.3 is 5.32 Å². The molecule has 128 valence electrons. The van der Waals surface area contributed by atoms with Crippen molar-refractivity contribution in [3.63, 3.8) is 0 Å². The van der Waals surface area contributed by atoms with Crippen LogP contribution in [0.15, 0.2) is 0 Å². The Morgan fingerprint density at radius 3 is 1.48 bits per heavy atom. The van der Waals surface area contributed by atoms with Crippen LogP contribution in [-0.2, 0) is 0 Å². The smallest absolute Gasteiger partial charge is 0.00489 e. The van der Waals surface area contributed by atoms with Crippen molar-refractivity contribution < 1.29 is 0 Å². The lowest BCUT2D eigenvalue weighted by Gasteiger charge is -2.17. The van der Waals surface area contributed by atoms with Gasteiger partial charge in [-0.2, -0.15) is 0 Å². The van der Waals surface area contributed by atoms with Gasteiger partial charge in [0.25, 0.3) is 0 Å². The SMILES string of the molecule is CCCCCCCCCCNCCCCCCC(C)(C)C. The Balaban J connectivity index is 3.00. The van der Waals surface area contributed by atoms with Crippen molar-refractivity contribution in [1.29, 1.82) is 0 Å². The zero-order chi connectivity index (χ0) is 15.8. The first-order chi connectivity index (χ1) is 10.1. The Kier molecular flexibility index (Phi) is 14.9. The maximum atomic E-state index is 3.60. The molecule has 21 heavy (non-hydrogen) atoms. The third-order valence-electron chi connectivity index (χ3n) is 4.24. The van der Waals surface area contributed by atoms with Crippen molar-refractivity contribution in [3.05, 3.63) is 0 Å². The van der Waals surface area contributed by atoms with Crippen molar-refractivity contribution in [2.75, 3.05) is 13.1 Å². The molecule has 0 aromatic heterocycles. The molecular weight excluding hydrogens is 254 g/mol. The highest BCUT2D eigenvalue weighted by Gasteiger charge is 2.08. The summed E-state index contributed by atoms with van der Waals surface area (Å²) in [6.07, 6.45) is 18.3. The molecule has 0 amide bonds. The molecular formula is C20H43N. The molecule has 1 heteroatoms. The summed E-state index contributed by atoms with van der Waals surface area (Å²) in [6, 6.07) is 0. The van der Waals surface area contributed by atoms with Crippen molar-refractivity contribution >= 4 is 0 Å². The third kappa shape index (κ3) is 20.0. The van der Waals surface area contributed by atoms with E-state index < -0.39 is 0 Å². The van der Waals surface area contributed by atoms with Gasteiger partial charge in [0, 0.05) is 0 Å². The topological polar surface area (TPSA) is 12.0 Å². The minimum Gasteiger partial charge on any atom is -0.317 e. The summed E-state index contributed by atoms with van der Waals surface area (Å²) >= 11 is 0. The second kappa shape index (κ2) is 14.9. The van der Waals surface area contributed by atoms with Crippen molar-refractivity contribution in [2.24, 2.45) is 5.41 Å². The van der Waals surface area contributed by atoms with E-state index in [4.69, 9.17) is 0 Å². The lowest BCUT2D eigenvalue weighted by atomic mass is 9.89. The molecule has 0 atom stereocenters. The lowest BCUT2D eigenvalue weighted by molar-refractivity contribution is 0.356. The van der Waals surface area contributed by atoms with Crippen LogP contribution in [0.3, 0.4) is 0 Å². The first-order valence-corrected chi connectivity index (χ1v) is 9.77. The molecule has 0 bridgehead atoms. The van der Waals surface area contributed by atoms with Gasteiger partial charge in [0.15, 0.2) is 0 Å². The van der Waals surface area contributed by atoms with Crippen LogP contribution >= 0.6 is 0 Å². The van der Waals surface area contributed by atoms with Crippen LogP contribution in [0.5, 0.6) is 0 Å². The van der Waals surface area contributed by atoms with Crippen LogP contribution in [-0.4, -0.2) is 13.1 Å². The second-order valence-electron chi connectivity index (χ2n) is 7.95. The molecule has 0 saturated carbocycles. The normalized spacial score (nSPS) is 12.0. The van der Waals surface area contributed by atoms with E-state index in [0.29, 0.717) is 5.41 Å². The number of hydrogen-bond acceptors (Lipinski definition) is 1. The molecule has 0 aliphatic rings. The summed E-state index contributed by atoms with van der Waals surface area (Å²) < 4.78 is 0. The molecule has 0 aliphatic carbocycles. The van der Waals surface area contributed by atoms with E-state index in [1.54, 1.807) is 0 Å². The van der Waals surface area contributed by atoms with Crippen molar-refractivity contribution in [3.8, 4) is 0 Å². The van der Waals surface area contributed by atoms with Crippen LogP contribution in [0, 0.1) is 5.41 Å². The van der Waals surface area contributed by atoms with Gasteiger partial charge in [0.1, 0.15) is 0 Å². The molecule has 1 N–H and O–H groups in total. The second-order valence-corrected chi connectivity index (χ2v) is 7.95. The van der Waals surface area contributed by atoms with Gasteiger partial charge >= 0.3 is 0 Å². The highest BCUT2D eigenvalue weighted by molar-refractivity contribution is 4.61.